The Kier molecular flexibility index (Phi) is 2.25. The quantitative estimate of drug-likeness (QED) is 0.728. The van der Waals surface area contributed by atoms with Crippen molar-refractivity contribution in [1.82, 2.24) is 9.91 Å². The highest BCUT2D eigenvalue weighted by Crippen LogP contribution is 2.53. The van der Waals surface area contributed by atoms with Gasteiger partial charge in [0.25, 0.3) is 0 Å². The van der Waals surface area contributed by atoms with E-state index < -0.39 is 0 Å². The van der Waals surface area contributed by atoms with Gasteiger partial charge in [-0.05, 0) is 43.4 Å². The van der Waals surface area contributed by atoms with Crippen LogP contribution in [0.15, 0.2) is 22.5 Å². The molecule has 0 aromatic rings. The minimum absolute atomic E-state index is 0.335. The zero-order valence-electron chi connectivity index (χ0n) is 10.5. The third kappa shape index (κ3) is 1.51. The van der Waals surface area contributed by atoms with Crippen LogP contribution in [-0.4, -0.2) is 34.1 Å². The molecule has 18 heavy (non-hydrogen) atoms. The van der Waals surface area contributed by atoms with E-state index >= 15 is 0 Å². The second-order valence-corrected chi connectivity index (χ2v) is 6.22. The van der Waals surface area contributed by atoms with Gasteiger partial charge in [-0.25, -0.2) is 4.99 Å². The van der Waals surface area contributed by atoms with Crippen LogP contribution in [0.1, 0.15) is 25.7 Å². The molecule has 0 aromatic carbocycles. The third-order valence-electron chi connectivity index (χ3n) is 4.77. The summed E-state index contributed by atoms with van der Waals surface area (Å²) >= 11 is 6.12. The Hall–Kier alpha value is -1.03. The summed E-state index contributed by atoms with van der Waals surface area (Å²) in [6, 6.07) is 0. The van der Waals surface area contributed by atoms with Crippen molar-refractivity contribution < 1.29 is 0 Å². The van der Waals surface area contributed by atoms with E-state index in [1.165, 1.54) is 25.7 Å². The molecule has 2 heterocycles. The summed E-state index contributed by atoms with van der Waals surface area (Å²) < 4.78 is 0. The molecule has 0 N–H and O–H groups in total. The molecule has 2 saturated carbocycles. The molecule has 2 fully saturated rings. The number of amidine groups is 1. The van der Waals surface area contributed by atoms with Gasteiger partial charge >= 0.3 is 0 Å². The van der Waals surface area contributed by atoms with Gasteiger partial charge in [0.05, 0.1) is 0 Å². The summed E-state index contributed by atoms with van der Waals surface area (Å²) in [5.41, 5.74) is 0. The highest BCUT2D eigenvalue weighted by molar-refractivity contribution is 6.83. The van der Waals surface area contributed by atoms with Gasteiger partial charge in [0.2, 0.25) is 0 Å². The van der Waals surface area contributed by atoms with Crippen LogP contribution in [0.25, 0.3) is 0 Å². The smallest absolute Gasteiger partial charge is 0.192 e. The van der Waals surface area contributed by atoms with Crippen molar-refractivity contribution in [3.05, 3.63) is 12.4 Å². The SMILES string of the molecule is CN1N=C2C(Cl)=NC=CN2C1C1CCC2CC2C1. The van der Waals surface area contributed by atoms with Crippen LogP contribution >= 0.6 is 11.6 Å². The first-order chi connectivity index (χ1) is 8.74. The first kappa shape index (κ1) is 10.9. The maximum absolute atomic E-state index is 6.12. The average molecular weight is 265 g/mol. The van der Waals surface area contributed by atoms with Gasteiger partial charge in [-0.2, -0.15) is 5.10 Å². The number of hydrazone groups is 1. The molecule has 4 rings (SSSR count). The molecule has 0 saturated heterocycles. The molecule has 0 spiro atoms. The first-order valence-corrected chi connectivity index (χ1v) is 7.12. The van der Waals surface area contributed by atoms with Crippen LogP contribution in [0.4, 0.5) is 0 Å². The fourth-order valence-electron chi connectivity index (χ4n) is 3.79. The lowest BCUT2D eigenvalue weighted by Crippen LogP contribution is -2.45. The summed E-state index contributed by atoms with van der Waals surface area (Å²) in [4.78, 5) is 6.31. The van der Waals surface area contributed by atoms with E-state index in [0.29, 0.717) is 17.3 Å². The molecule has 4 unspecified atom stereocenters. The first-order valence-electron chi connectivity index (χ1n) is 6.74. The number of halogens is 1. The number of nitrogens with zero attached hydrogens (tertiary/aromatic N) is 4. The highest BCUT2D eigenvalue weighted by Gasteiger charge is 2.47. The highest BCUT2D eigenvalue weighted by atomic mass is 35.5. The lowest BCUT2D eigenvalue weighted by atomic mass is 9.86. The fraction of sp³-hybridized carbons (Fsp3) is 0.692. The molecule has 96 valence electrons. The maximum Gasteiger partial charge on any atom is 0.192 e. The van der Waals surface area contributed by atoms with Crippen molar-refractivity contribution in [2.24, 2.45) is 27.8 Å². The van der Waals surface area contributed by atoms with Crippen LogP contribution in [0.5, 0.6) is 0 Å². The number of hydrogen-bond donors (Lipinski definition) is 0. The molecule has 0 amide bonds. The number of rotatable bonds is 1. The van der Waals surface area contributed by atoms with Crippen molar-refractivity contribution in [2.45, 2.75) is 31.8 Å². The number of aliphatic imine (C=N–C) groups is 1. The van der Waals surface area contributed by atoms with E-state index in [0.717, 1.165) is 17.7 Å². The Morgan fingerprint density at radius 2 is 2.00 bits per heavy atom. The van der Waals surface area contributed by atoms with Crippen LogP contribution in [-0.2, 0) is 0 Å². The minimum atomic E-state index is 0.335. The van der Waals surface area contributed by atoms with Gasteiger partial charge in [-0.3, -0.25) is 5.01 Å². The topological polar surface area (TPSA) is 31.2 Å². The molecule has 0 bridgehead atoms. The monoisotopic (exact) mass is 264 g/mol. The predicted molar refractivity (Wildman–Crippen MR) is 72.2 cm³/mol. The molecule has 2 aliphatic heterocycles. The normalized spacial score (nSPS) is 41.2. The summed E-state index contributed by atoms with van der Waals surface area (Å²) in [7, 11) is 2.05. The van der Waals surface area contributed by atoms with Gasteiger partial charge in [0.1, 0.15) is 6.17 Å². The third-order valence-corrected chi connectivity index (χ3v) is 5.04. The molecule has 4 aliphatic rings. The molecular weight excluding hydrogens is 248 g/mol. The van der Waals surface area contributed by atoms with E-state index in [-0.39, 0.29) is 0 Å². The molecule has 2 aliphatic carbocycles. The predicted octanol–water partition coefficient (Wildman–Crippen LogP) is 2.43. The van der Waals surface area contributed by atoms with Crippen LogP contribution in [0, 0.1) is 17.8 Å². The second-order valence-electron chi connectivity index (χ2n) is 5.87. The van der Waals surface area contributed by atoms with E-state index in [2.05, 4.69) is 20.0 Å². The van der Waals surface area contributed by atoms with Crippen LogP contribution < -0.4 is 0 Å². The van der Waals surface area contributed by atoms with Gasteiger partial charge < -0.3 is 4.90 Å². The lowest BCUT2D eigenvalue weighted by Gasteiger charge is -2.36. The zero-order chi connectivity index (χ0) is 12.3. The number of fused-ring (bicyclic) bond motifs is 2. The summed E-state index contributed by atoms with van der Waals surface area (Å²) in [6.45, 7) is 0. The van der Waals surface area contributed by atoms with Gasteiger partial charge in [0.15, 0.2) is 11.0 Å². The zero-order valence-corrected chi connectivity index (χ0v) is 11.2. The second kappa shape index (κ2) is 3.73. The molecule has 4 atom stereocenters. The molecular formula is C13H17ClN4. The molecule has 0 radical (unpaired) electrons. The minimum Gasteiger partial charge on any atom is -0.305 e. The van der Waals surface area contributed by atoms with Crippen LogP contribution in [0.3, 0.4) is 0 Å². The Bertz CT molecular complexity index is 470. The average Bonchev–Trinajstić information content (AvgIpc) is 3.04. The van der Waals surface area contributed by atoms with Gasteiger partial charge in [0, 0.05) is 19.4 Å². The largest absolute Gasteiger partial charge is 0.305 e. The Labute approximate surface area is 112 Å². The lowest BCUT2D eigenvalue weighted by molar-refractivity contribution is 0.0957. The van der Waals surface area contributed by atoms with Crippen LogP contribution in [0.2, 0.25) is 0 Å². The molecule has 0 aromatic heterocycles. The van der Waals surface area contributed by atoms with Crippen molar-refractivity contribution in [3.8, 4) is 0 Å². The Morgan fingerprint density at radius 3 is 2.83 bits per heavy atom. The summed E-state index contributed by atoms with van der Waals surface area (Å²) in [5.74, 6) is 3.53. The van der Waals surface area contributed by atoms with E-state index in [9.17, 15) is 0 Å². The van der Waals surface area contributed by atoms with Crippen molar-refractivity contribution in [1.29, 1.82) is 0 Å². The Balaban J connectivity index is 1.59. The van der Waals surface area contributed by atoms with E-state index in [4.69, 9.17) is 11.6 Å². The Morgan fingerprint density at radius 1 is 1.22 bits per heavy atom. The van der Waals surface area contributed by atoms with E-state index in [1.807, 2.05) is 13.2 Å². The maximum atomic E-state index is 6.12. The summed E-state index contributed by atoms with van der Waals surface area (Å²) in [5, 5.41) is 7.12. The van der Waals surface area contributed by atoms with Crippen molar-refractivity contribution in [2.75, 3.05) is 7.05 Å². The molecule has 4 nitrogen and oxygen atoms in total. The molecule has 5 heteroatoms. The summed E-state index contributed by atoms with van der Waals surface area (Å²) in [6.07, 6.45) is 9.64. The fourth-order valence-corrected chi connectivity index (χ4v) is 3.98. The van der Waals surface area contributed by atoms with Crippen molar-refractivity contribution >= 4 is 22.6 Å². The van der Waals surface area contributed by atoms with Gasteiger partial charge in [-0.1, -0.05) is 11.6 Å². The van der Waals surface area contributed by atoms with Gasteiger partial charge in [-0.15, -0.1) is 0 Å². The van der Waals surface area contributed by atoms with E-state index in [1.54, 1.807) is 6.20 Å². The van der Waals surface area contributed by atoms with Crippen molar-refractivity contribution in [3.63, 3.8) is 0 Å². The number of hydrogen-bond acceptors (Lipinski definition) is 4. The standard InChI is InChI=1S/C13H17ClN4/c1-17-13(9-3-2-8-6-10(8)7-9)18-5-4-15-11(14)12(18)16-17/h4-5,8-10,13H,2-3,6-7H2,1H3.